The molecule has 5 heteroatoms. The summed E-state index contributed by atoms with van der Waals surface area (Å²) in [6, 6.07) is 3.42. The van der Waals surface area contributed by atoms with Crippen LogP contribution in [0.1, 0.15) is 43.0 Å². The molecule has 1 aliphatic heterocycles. The Morgan fingerprint density at radius 3 is 2.95 bits per heavy atom. The van der Waals surface area contributed by atoms with E-state index < -0.39 is 0 Å². The van der Waals surface area contributed by atoms with Crippen LogP contribution >= 0.6 is 23.4 Å². The fraction of sp³-hybridized carbons (Fsp3) is 0.562. The first kappa shape index (κ1) is 15.2. The number of nitrogens with zero attached hydrogens (tertiary/aromatic N) is 2. The molecule has 1 saturated heterocycles. The largest absolute Gasteiger partial charge is 0.326 e. The van der Waals surface area contributed by atoms with E-state index in [-0.39, 0.29) is 11.2 Å². The minimum atomic E-state index is -0.201. The van der Waals surface area contributed by atoms with E-state index in [1.54, 1.807) is 6.92 Å². The zero-order valence-corrected chi connectivity index (χ0v) is 14.0. The monoisotopic (exact) mass is 326 g/mol. The van der Waals surface area contributed by atoms with Crippen molar-refractivity contribution >= 4 is 34.4 Å². The van der Waals surface area contributed by atoms with E-state index in [0.717, 1.165) is 17.9 Å². The number of thioether (sulfide) groups is 1. The van der Waals surface area contributed by atoms with Gasteiger partial charge in [-0.2, -0.15) is 11.8 Å². The molecule has 114 valence electrons. The number of rotatable bonds is 3. The lowest BCUT2D eigenvalue weighted by Gasteiger charge is -2.23. The van der Waals surface area contributed by atoms with Gasteiger partial charge in [-0.15, -0.1) is 11.6 Å². The van der Waals surface area contributed by atoms with Crippen molar-refractivity contribution in [1.29, 1.82) is 0 Å². The molecular formula is C16H20ClFN2S. The molecule has 21 heavy (non-hydrogen) atoms. The molecule has 1 aliphatic rings. The third-order valence-electron chi connectivity index (χ3n) is 4.07. The van der Waals surface area contributed by atoms with Crippen molar-refractivity contribution in [2.45, 2.75) is 50.3 Å². The van der Waals surface area contributed by atoms with Crippen LogP contribution in [0.3, 0.4) is 0 Å². The van der Waals surface area contributed by atoms with Gasteiger partial charge in [-0.1, -0.05) is 6.42 Å². The van der Waals surface area contributed by atoms with Gasteiger partial charge in [0.15, 0.2) is 0 Å². The molecule has 1 aromatic carbocycles. The Balaban J connectivity index is 2.04. The lowest BCUT2D eigenvalue weighted by molar-refractivity contribution is 0.575. The molecular weight excluding hydrogens is 307 g/mol. The van der Waals surface area contributed by atoms with Crippen LogP contribution in [0.4, 0.5) is 4.39 Å². The Hall–Kier alpha value is -0.740. The highest BCUT2D eigenvalue weighted by molar-refractivity contribution is 7.99. The second-order valence-electron chi connectivity index (χ2n) is 5.78. The normalized spacial score (nSPS) is 20.9. The Labute approximate surface area is 134 Å². The SMILES string of the molecule is Cc1cc2c(cc1F)nc(C(C)Cl)n2CC1CCCCS1. The maximum Gasteiger partial charge on any atom is 0.128 e. The van der Waals surface area contributed by atoms with Crippen LogP contribution < -0.4 is 0 Å². The zero-order chi connectivity index (χ0) is 15.0. The van der Waals surface area contributed by atoms with Crippen LogP contribution in [0.25, 0.3) is 11.0 Å². The molecule has 1 aromatic heterocycles. The van der Waals surface area contributed by atoms with Gasteiger partial charge in [-0.25, -0.2) is 9.37 Å². The summed E-state index contributed by atoms with van der Waals surface area (Å²) < 4.78 is 16.0. The van der Waals surface area contributed by atoms with Gasteiger partial charge in [0.2, 0.25) is 0 Å². The van der Waals surface area contributed by atoms with Crippen molar-refractivity contribution in [3.05, 3.63) is 29.3 Å². The number of hydrogen-bond donors (Lipinski definition) is 0. The summed E-state index contributed by atoms with van der Waals surface area (Å²) >= 11 is 8.33. The number of hydrogen-bond acceptors (Lipinski definition) is 2. The second-order valence-corrected chi connectivity index (χ2v) is 7.84. The molecule has 0 saturated carbocycles. The Bertz CT molecular complexity index is 647. The molecule has 2 nitrogen and oxygen atoms in total. The fourth-order valence-corrected chi connectivity index (χ4v) is 4.38. The van der Waals surface area contributed by atoms with Crippen molar-refractivity contribution in [3.63, 3.8) is 0 Å². The average molecular weight is 327 g/mol. The van der Waals surface area contributed by atoms with Gasteiger partial charge in [-0.3, -0.25) is 0 Å². The summed E-state index contributed by atoms with van der Waals surface area (Å²) in [6.07, 6.45) is 3.85. The lowest BCUT2D eigenvalue weighted by atomic mass is 10.1. The molecule has 1 fully saturated rings. The van der Waals surface area contributed by atoms with E-state index >= 15 is 0 Å². The highest BCUT2D eigenvalue weighted by Gasteiger charge is 2.21. The van der Waals surface area contributed by atoms with Gasteiger partial charge < -0.3 is 4.57 Å². The average Bonchev–Trinajstić information content (AvgIpc) is 2.79. The third kappa shape index (κ3) is 3.07. The fourth-order valence-electron chi connectivity index (χ4n) is 2.92. The maximum atomic E-state index is 13.8. The van der Waals surface area contributed by atoms with Crippen LogP contribution in [0.2, 0.25) is 0 Å². The minimum Gasteiger partial charge on any atom is -0.326 e. The second kappa shape index (κ2) is 6.17. The molecule has 2 heterocycles. The van der Waals surface area contributed by atoms with E-state index in [1.165, 1.54) is 31.1 Å². The first-order valence-corrected chi connectivity index (χ1v) is 8.96. The smallest absolute Gasteiger partial charge is 0.128 e. The number of aryl methyl sites for hydroxylation is 1. The van der Waals surface area contributed by atoms with Crippen molar-refractivity contribution in [3.8, 4) is 0 Å². The molecule has 0 spiro atoms. The standard InChI is InChI=1S/C16H20ClFN2S/c1-10-7-15-14(8-13(10)18)19-16(11(2)17)20(15)9-12-5-3-4-6-21-12/h7-8,11-12H,3-6,9H2,1-2H3. The molecule has 2 aromatic rings. The van der Waals surface area contributed by atoms with Crippen LogP contribution in [0.15, 0.2) is 12.1 Å². The summed E-state index contributed by atoms with van der Waals surface area (Å²) in [6.45, 7) is 4.64. The van der Waals surface area contributed by atoms with Crippen LogP contribution in [0.5, 0.6) is 0 Å². The van der Waals surface area contributed by atoms with Gasteiger partial charge >= 0.3 is 0 Å². The molecule has 0 aliphatic carbocycles. The summed E-state index contributed by atoms with van der Waals surface area (Å²) in [5.74, 6) is 1.88. The van der Waals surface area contributed by atoms with Crippen molar-refractivity contribution in [2.75, 3.05) is 5.75 Å². The Kier molecular flexibility index (Phi) is 4.46. The summed E-state index contributed by atoms with van der Waals surface area (Å²) in [4.78, 5) is 4.56. The van der Waals surface area contributed by atoms with E-state index in [2.05, 4.69) is 9.55 Å². The quantitative estimate of drug-likeness (QED) is 0.733. The molecule has 0 bridgehead atoms. The van der Waals surface area contributed by atoms with Crippen LogP contribution in [-0.4, -0.2) is 20.6 Å². The predicted molar refractivity (Wildman–Crippen MR) is 88.8 cm³/mol. The van der Waals surface area contributed by atoms with E-state index in [4.69, 9.17) is 11.6 Å². The molecule has 0 N–H and O–H groups in total. The predicted octanol–water partition coefficient (Wildman–Crippen LogP) is 5.07. The minimum absolute atomic E-state index is 0.172. The van der Waals surface area contributed by atoms with E-state index in [0.29, 0.717) is 16.3 Å². The third-order valence-corrected chi connectivity index (χ3v) is 5.65. The van der Waals surface area contributed by atoms with Gasteiger partial charge in [0, 0.05) is 17.9 Å². The molecule has 0 amide bonds. The highest BCUT2D eigenvalue weighted by atomic mass is 35.5. The Morgan fingerprint density at radius 2 is 2.29 bits per heavy atom. The van der Waals surface area contributed by atoms with Gasteiger partial charge in [0.05, 0.1) is 16.4 Å². The molecule has 0 radical (unpaired) electrons. The Morgan fingerprint density at radius 1 is 1.48 bits per heavy atom. The van der Waals surface area contributed by atoms with Crippen molar-refractivity contribution in [2.24, 2.45) is 0 Å². The van der Waals surface area contributed by atoms with E-state index in [1.807, 2.05) is 24.8 Å². The summed E-state index contributed by atoms with van der Waals surface area (Å²) in [5, 5.41) is 0.435. The van der Waals surface area contributed by atoms with Gasteiger partial charge in [-0.05, 0) is 44.1 Å². The summed E-state index contributed by atoms with van der Waals surface area (Å²) in [5.41, 5.74) is 2.37. The number of imidazole rings is 1. The van der Waals surface area contributed by atoms with Crippen LogP contribution in [0, 0.1) is 12.7 Å². The molecule has 2 atom stereocenters. The van der Waals surface area contributed by atoms with Crippen molar-refractivity contribution in [1.82, 2.24) is 9.55 Å². The first-order valence-electron chi connectivity index (χ1n) is 7.48. The number of fused-ring (bicyclic) bond motifs is 1. The molecule has 3 rings (SSSR count). The van der Waals surface area contributed by atoms with Crippen molar-refractivity contribution < 1.29 is 4.39 Å². The lowest BCUT2D eigenvalue weighted by Crippen LogP contribution is -2.18. The maximum absolute atomic E-state index is 13.8. The van der Waals surface area contributed by atoms with E-state index in [9.17, 15) is 4.39 Å². The number of alkyl halides is 1. The summed E-state index contributed by atoms with van der Waals surface area (Å²) in [7, 11) is 0. The topological polar surface area (TPSA) is 17.8 Å². The number of benzene rings is 1. The highest BCUT2D eigenvalue weighted by Crippen LogP contribution is 2.31. The van der Waals surface area contributed by atoms with Crippen LogP contribution in [-0.2, 0) is 6.54 Å². The number of halogens is 2. The molecule has 2 unspecified atom stereocenters. The number of aromatic nitrogens is 2. The first-order chi connectivity index (χ1) is 10.1. The zero-order valence-electron chi connectivity index (χ0n) is 12.4. The van der Waals surface area contributed by atoms with Gasteiger partial charge in [0.25, 0.3) is 0 Å². The van der Waals surface area contributed by atoms with Gasteiger partial charge in [0.1, 0.15) is 11.6 Å².